The van der Waals surface area contributed by atoms with Gasteiger partial charge in [0.05, 0.1) is 12.5 Å². The van der Waals surface area contributed by atoms with Crippen LogP contribution in [-0.2, 0) is 4.79 Å². The Hall–Kier alpha value is -2.89. The van der Waals surface area contributed by atoms with Gasteiger partial charge in [0.2, 0.25) is 0 Å². The molecule has 1 amide bonds. The maximum absolute atomic E-state index is 12.3. The van der Waals surface area contributed by atoms with E-state index in [1.165, 1.54) is 19.2 Å². The Kier molecular flexibility index (Phi) is 4.95. The number of benzene rings is 1. The van der Waals surface area contributed by atoms with E-state index in [2.05, 4.69) is 10.3 Å². The van der Waals surface area contributed by atoms with Crippen molar-refractivity contribution in [2.45, 2.75) is 26.3 Å². The molecule has 0 fully saturated rings. The molecule has 23 heavy (non-hydrogen) atoms. The number of carboxylic acids is 1. The summed E-state index contributed by atoms with van der Waals surface area (Å²) in [5.41, 5.74) is 2.38. The highest BCUT2D eigenvalue weighted by Crippen LogP contribution is 2.18. The van der Waals surface area contributed by atoms with Crippen molar-refractivity contribution in [3.05, 3.63) is 58.9 Å². The van der Waals surface area contributed by atoms with Gasteiger partial charge in [0.15, 0.2) is 5.78 Å². The number of carboxylic acid groups (broad SMARTS) is 1. The van der Waals surface area contributed by atoms with E-state index < -0.39 is 17.9 Å². The van der Waals surface area contributed by atoms with Crippen LogP contribution in [0.4, 0.5) is 0 Å². The summed E-state index contributed by atoms with van der Waals surface area (Å²) in [6, 6.07) is 8.10. The molecule has 0 saturated carbocycles. The van der Waals surface area contributed by atoms with Crippen LogP contribution in [0.1, 0.15) is 51.4 Å². The second kappa shape index (κ2) is 6.91. The highest BCUT2D eigenvalue weighted by molar-refractivity contribution is 5.99. The topological polar surface area (TPSA) is 99.3 Å². The molecule has 0 saturated heterocycles. The van der Waals surface area contributed by atoms with Crippen LogP contribution in [-0.4, -0.2) is 27.8 Å². The largest absolute Gasteiger partial charge is 0.481 e. The number of carbonyl (C=O) groups excluding carboxylic acids is 2. The first-order valence-corrected chi connectivity index (χ1v) is 7.15. The monoisotopic (exact) mass is 314 g/mol. The van der Waals surface area contributed by atoms with Crippen LogP contribution in [0, 0.1) is 6.92 Å². The number of carbonyl (C=O) groups is 3. The Morgan fingerprint density at radius 1 is 1.22 bits per heavy atom. The molecule has 1 unspecified atom stereocenters. The van der Waals surface area contributed by atoms with Crippen molar-refractivity contribution in [1.29, 1.82) is 0 Å². The maximum atomic E-state index is 12.3. The lowest BCUT2D eigenvalue weighted by molar-refractivity contribution is -0.137. The molecule has 6 heteroatoms. The van der Waals surface area contributed by atoms with Crippen LogP contribution in [0.2, 0.25) is 0 Å². The lowest BCUT2D eigenvalue weighted by atomic mass is 10.0. The SMILES string of the molecule is CC(=O)c1c[nH]c(C(=O)NC(CC(=O)O)c2ccc(C)cc2)c1. The number of ketones is 1. The number of hydrogen-bond donors (Lipinski definition) is 3. The third-order valence-corrected chi connectivity index (χ3v) is 3.50. The van der Waals surface area contributed by atoms with Crippen molar-refractivity contribution in [2.24, 2.45) is 0 Å². The summed E-state index contributed by atoms with van der Waals surface area (Å²) < 4.78 is 0. The van der Waals surface area contributed by atoms with Crippen LogP contribution >= 0.6 is 0 Å². The molecule has 0 bridgehead atoms. The van der Waals surface area contributed by atoms with E-state index in [1.807, 2.05) is 19.1 Å². The molecule has 0 aliphatic heterocycles. The molecule has 0 aliphatic carbocycles. The molecule has 1 heterocycles. The summed E-state index contributed by atoms with van der Waals surface area (Å²) in [4.78, 5) is 37.3. The van der Waals surface area contributed by atoms with Crippen molar-refractivity contribution in [3.63, 3.8) is 0 Å². The van der Waals surface area contributed by atoms with Gasteiger partial charge in [-0.3, -0.25) is 14.4 Å². The van der Waals surface area contributed by atoms with Crippen LogP contribution in [0.5, 0.6) is 0 Å². The first-order valence-electron chi connectivity index (χ1n) is 7.15. The van der Waals surface area contributed by atoms with Crippen molar-refractivity contribution < 1.29 is 19.5 Å². The molecule has 1 atom stereocenters. The van der Waals surface area contributed by atoms with Gasteiger partial charge in [0.25, 0.3) is 5.91 Å². The number of aliphatic carboxylic acids is 1. The fourth-order valence-electron chi connectivity index (χ4n) is 2.19. The third-order valence-electron chi connectivity index (χ3n) is 3.50. The number of nitrogens with one attached hydrogen (secondary N) is 2. The van der Waals surface area contributed by atoms with Crippen LogP contribution in [0.15, 0.2) is 36.5 Å². The summed E-state index contributed by atoms with van der Waals surface area (Å²) in [7, 11) is 0. The third kappa shape index (κ3) is 4.29. The number of Topliss-reactive ketones (excluding diaryl/α,β-unsaturated/α-hetero) is 1. The minimum absolute atomic E-state index is 0.152. The number of amides is 1. The zero-order valence-corrected chi connectivity index (χ0v) is 12.9. The van der Waals surface area contributed by atoms with Gasteiger partial charge in [0.1, 0.15) is 5.69 Å². The first kappa shape index (κ1) is 16.5. The quantitative estimate of drug-likeness (QED) is 0.713. The van der Waals surface area contributed by atoms with E-state index >= 15 is 0 Å². The molecule has 0 aliphatic rings. The summed E-state index contributed by atoms with van der Waals surface area (Å²) in [6.45, 7) is 3.33. The van der Waals surface area contributed by atoms with Crippen molar-refractivity contribution in [3.8, 4) is 0 Å². The molecular formula is C17H18N2O4. The van der Waals surface area contributed by atoms with Gasteiger partial charge in [-0.1, -0.05) is 29.8 Å². The number of aryl methyl sites for hydroxylation is 1. The Balaban J connectivity index is 2.19. The van der Waals surface area contributed by atoms with Gasteiger partial charge < -0.3 is 15.4 Å². The Morgan fingerprint density at radius 3 is 2.39 bits per heavy atom. The predicted molar refractivity (Wildman–Crippen MR) is 84.4 cm³/mol. The Labute approximate surface area is 133 Å². The van der Waals surface area contributed by atoms with Crippen molar-refractivity contribution >= 4 is 17.7 Å². The standard InChI is InChI=1S/C17H18N2O4/c1-10-3-5-12(6-4-10)14(8-16(21)22)19-17(23)15-7-13(9-18-15)11(2)20/h3-7,9,14,18H,8H2,1-2H3,(H,19,23)(H,21,22). The number of aromatic nitrogens is 1. The van der Waals surface area contributed by atoms with Crippen molar-refractivity contribution in [1.82, 2.24) is 10.3 Å². The summed E-state index contributed by atoms with van der Waals surface area (Å²) >= 11 is 0. The number of rotatable bonds is 6. The average molecular weight is 314 g/mol. The molecule has 3 N–H and O–H groups in total. The van der Waals surface area contributed by atoms with Gasteiger partial charge in [-0.05, 0) is 25.5 Å². The number of hydrogen-bond acceptors (Lipinski definition) is 3. The van der Waals surface area contributed by atoms with E-state index in [4.69, 9.17) is 5.11 Å². The number of aromatic amines is 1. The Bertz CT molecular complexity index is 731. The second-order valence-electron chi connectivity index (χ2n) is 5.39. The van der Waals surface area contributed by atoms with E-state index in [9.17, 15) is 14.4 Å². The van der Waals surface area contributed by atoms with Crippen molar-refractivity contribution in [2.75, 3.05) is 0 Å². The molecule has 1 aromatic carbocycles. The lowest BCUT2D eigenvalue weighted by Gasteiger charge is -2.17. The van der Waals surface area contributed by atoms with Gasteiger partial charge in [0, 0.05) is 11.8 Å². The van der Waals surface area contributed by atoms with E-state index in [-0.39, 0.29) is 17.9 Å². The normalized spacial score (nSPS) is 11.7. The van der Waals surface area contributed by atoms with Gasteiger partial charge in [-0.2, -0.15) is 0 Å². The zero-order chi connectivity index (χ0) is 17.0. The van der Waals surface area contributed by atoms with Gasteiger partial charge >= 0.3 is 5.97 Å². The Morgan fingerprint density at radius 2 is 1.87 bits per heavy atom. The van der Waals surface area contributed by atoms with E-state index in [1.54, 1.807) is 12.1 Å². The predicted octanol–water partition coefficient (Wildman–Crippen LogP) is 2.47. The fourth-order valence-corrected chi connectivity index (χ4v) is 2.19. The highest BCUT2D eigenvalue weighted by atomic mass is 16.4. The summed E-state index contributed by atoms with van der Waals surface area (Å²) in [5, 5.41) is 11.7. The average Bonchev–Trinajstić information content (AvgIpc) is 2.97. The van der Waals surface area contributed by atoms with E-state index in [0.717, 1.165) is 5.56 Å². The fraction of sp³-hybridized carbons (Fsp3) is 0.235. The smallest absolute Gasteiger partial charge is 0.305 e. The van der Waals surface area contributed by atoms with Crippen LogP contribution in [0.3, 0.4) is 0 Å². The van der Waals surface area contributed by atoms with Gasteiger partial charge in [-0.25, -0.2) is 0 Å². The molecule has 0 radical (unpaired) electrons. The van der Waals surface area contributed by atoms with E-state index in [0.29, 0.717) is 11.1 Å². The molecule has 1 aromatic heterocycles. The minimum Gasteiger partial charge on any atom is -0.481 e. The molecule has 0 spiro atoms. The van der Waals surface area contributed by atoms with Gasteiger partial charge in [-0.15, -0.1) is 0 Å². The molecule has 6 nitrogen and oxygen atoms in total. The summed E-state index contributed by atoms with van der Waals surface area (Å²) in [5.74, 6) is -1.61. The number of H-pyrrole nitrogens is 1. The maximum Gasteiger partial charge on any atom is 0.305 e. The second-order valence-corrected chi connectivity index (χ2v) is 5.39. The zero-order valence-electron chi connectivity index (χ0n) is 12.9. The molecule has 2 rings (SSSR count). The highest BCUT2D eigenvalue weighted by Gasteiger charge is 2.20. The molecular weight excluding hydrogens is 296 g/mol. The first-order chi connectivity index (χ1) is 10.9. The summed E-state index contributed by atoms with van der Waals surface area (Å²) in [6.07, 6.45) is 1.23. The molecule has 2 aromatic rings. The lowest BCUT2D eigenvalue weighted by Crippen LogP contribution is -2.30. The van der Waals surface area contributed by atoms with Crippen LogP contribution < -0.4 is 5.32 Å². The minimum atomic E-state index is -1.01. The molecule has 120 valence electrons. The van der Waals surface area contributed by atoms with Crippen LogP contribution in [0.25, 0.3) is 0 Å².